The number of anilines is 1. The van der Waals surface area contributed by atoms with Crippen molar-refractivity contribution in [2.24, 2.45) is 11.8 Å². The minimum atomic E-state index is 0.823. The van der Waals surface area contributed by atoms with Crippen LogP contribution in [-0.4, -0.2) is 33.0 Å². The first kappa shape index (κ1) is 11.8. The molecule has 5 nitrogen and oxygen atoms in total. The highest BCUT2D eigenvalue weighted by Crippen LogP contribution is 2.47. The monoisotopic (exact) mass is 297 g/mol. The van der Waals surface area contributed by atoms with Crippen LogP contribution in [0.4, 0.5) is 5.82 Å². The van der Waals surface area contributed by atoms with Gasteiger partial charge in [0, 0.05) is 13.1 Å². The molecule has 1 saturated carbocycles. The molecule has 0 amide bonds. The number of fused-ring (bicyclic) bond motifs is 4. The minimum absolute atomic E-state index is 0.823. The van der Waals surface area contributed by atoms with Crippen LogP contribution in [0.1, 0.15) is 17.9 Å². The normalized spacial score (nSPS) is 24.0. The van der Waals surface area contributed by atoms with Gasteiger partial charge in [0.1, 0.15) is 22.8 Å². The molecular weight excluding hydrogens is 282 g/mol. The first-order valence-electron chi connectivity index (χ1n) is 7.34. The third-order valence-electron chi connectivity index (χ3n) is 4.67. The van der Waals surface area contributed by atoms with E-state index in [0.717, 1.165) is 62.7 Å². The zero-order valence-corrected chi connectivity index (χ0v) is 12.8. The summed E-state index contributed by atoms with van der Waals surface area (Å²) in [4.78, 5) is 21.6. The van der Waals surface area contributed by atoms with E-state index < -0.39 is 0 Å². The fourth-order valence-corrected chi connectivity index (χ4v) is 4.80. The summed E-state index contributed by atoms with van der Waals surface area (Å²) in [5.41, 5.74) is 2.02. The van der Waals surface area contributed by atoms with Gasteiger partial charge in [-0.2, -0.15) is 0 Å². The summed E-state index contributed by atoms with van der Waals surface area (Å²) in [6, 6.07) is 0. The Kier molecular flexibility index (Phi) is 2.18. The first-order chi connectivity index (χ1) is 10.2. The first-order valence-corrected chi connectivity index (χ1v) is 8.16. The molecule has 21 heavy (non-hydrogen) atoms. The Morgan fingerprint density at radius 3 is 2.76 bits per heavy atom. The van der Waals surface area contributed by atoms with E-state index in [1.807, 2.05) is 13.8 Å². The van der Waals surface area contributed by atoms with Crippen LogP contribution in [0.2, 0.25) is 0 Å². The van der Waals surface area contributed by atoms with Gasteiger partial charge in [-0.3, -0.25) is 0 Å². The predicted molar refractivity (Wildman–Crippen MR) is 83.8 cm³/mol. The summed E-state index contributed by atoms with van der Waals surface area (Å²) in [7, 11) is 0. The van der Waals surface area contributed by atoms with E-state index in [2.05, 4.69) is 24.8 Å². The Labute approximate surface area is 126 Å². The molecule has 2 fully saturated rings. The van der Waals surface area contributed by atoms with Crippen molar-refractivity contribution in [2.75, 3.05) is 18.0 Å². The van der Waals surface area contributed by atoms with Crippen LogP contribution in [-0.2, 0) is 0 Å². The van der Waals surface area contributed by atoms with Crippen LogP contribution in [0.3, 0.4) is 0 Å². The summed E-state index contributed by atoms with van der Waals surface area (Å²) in [5.74, 6) is 3.71. The summed E-state index contributed by atoms with van der Waals surface area (Å²) < 4.78 is 1.16. The third-order valence-corrected chi connectivity index (χ3v) is 5.74. The molecule has 2 unspecified atom stereocenters. The number of nitrogens with zero attached hydrogens (tertiary/aromatic N) is 5. The van der Waals surface area contributed by atoms with Crippen molar-refractivity contribution in [1.82, 2.24) is 19.9 Å². The molecule has 0 radical (unpaired) electrons. The number of hydrogen-bond donors (Lipinski definition) is 0. The molecule has 0 bridgehead atoms. The van der Waals surface area contributed by atoms with Gasteiger partial charge in [0.25, 0.3) is 0 Å². The number of piperidine rings is 1. The number of rotatable bonds is 1. The molecule has 6 heteroatoms. The Balaban J connectivity index is 1.78. The highest BCUT2D eigenvalue weighted by atomic mass is 32.1. The maximum absolute atomic E-state index is 4.59. The Morgan fingerprint density at radius 1 is 1.14 bits per heavy atom. The van der Waals surface area contributed by atoms with Gasteiger partial charge < -0.3 is 4.90 Å². The standard InChI is InChI=1S/C15H15N5S/c1-7-11-12-13(21-15(11)19-8(2)18-7)14(17-6-16-12)20-4-9-3-10(9)5-20/h6,9-10H,3-5H2,1-2H3. The lowest BCUT2D eigenvalue weighted by molar-refractivity contribution is 0.808. The highest BCUT2D eigenvalue weighted by molar-refractivity contribution is 7.26. The van der Waals surface area contributed by atoms with Crippen molar-refractivity contribution in [2.45, 2.75) is 20.3 Å². The summed E-state index contributed by atoms with van der Waals surface area (Å²) >= 11 is 1.70. The zero-order valence-electron chi connectivity index (χ0n) is 12.0. The molecule has 3 aromatic rings. The second-order valence-corrected chi connectivity index (χ2v) is 7.17. The zero-order chi connectivity index (χ0) is 14.1. The van der Waals surface area contributed by atoms with E-state index in [-0.39, 0.29) is 0 Å². The number of aromatic nitrogens is 4. The smallest absolute Gasteiger partial charge is 0.150 e. The van der Waals surface area contributed by atoms with E-state index in [9.17, 15) is 0 Å². The maximum atomic E-state index is 4.59. The molecule has 106 valence electrons. The quantitative estimate of drug-likeness (QED) is 0.691. The molecular formula is C15H15N5S. The van der Waals surface area contributed by atoms with Gasteiger partial charge in [0.2, 0.25) is 0 Å². The van der Waals surface area contributed by atoms with E-state index in [4.69, 9.17) is 0 Å². The Bertz CT molecular complexity index is 877. The van der Waals surface area contributed by atoms with Gasteiger partial charge in [-0.1, -0.05) is 0 Å². The van der Waals surface area contributed by atoms with Gasteiger partial charge in [-0.05, 0) is 32.1 Å². The molecule has 1 aliphatic heterocycles. The summed E-state index contributed by atoms with van der Waals surface area (Å²) in [6.07, 6.45) is 3.09. The largest absolute Gasteiger partial charge is 0.355 e. The SMILES string of the molecule is Cc1nc(C)c2c(n1)sc1c(N3CC4CC4C3)ncnc12. The fraction of sp³-hybridized carbons (Fsp3) is 0.467. The van der Waals surface area contributed by atoms with E-state index >= 15 is 0 Å². The van der Waals surface area contributed by atoms with Crippen molar-refractivity contribution in [3.05, 3.63) is 17.8 Å². The highest BCUT2D eigenvalue weighted by Gasteiger charge is 2.45. The van der Waals surface area contributed by atoms with Crippen LogP contribution >= 0.6 is 11.3 Å². The second kappa shape index (κ2) is 3.88. The number of hydrogen-bond acceptors (Lipinski definition) is 6. The lowest BCUT2D eigenvalue weighted by Crippen LogP contribution is -2.22. The fourth-order valence-electron chi connectivity index (χ4n) is 3.56. The number of thiophene rings is 1. The second-order valence-electron chi connectivity index (χ2n) is 6.17. The van der Waals surface area contributed by atoms with Crippen LogP contribution < -0.4 is 4.90 Å². The van der Waals surface area contributed by atoms with Gasteiger partial charge in [-0.25, -0.2) is 19.9 Å². The van der Waals surface area contributed by atoms with Gasteiger partial charge >= 0.3 is 0 Å². The van der Waals surface area contributed by atoms with Gasteiger partial charge in [0.05, 0.1) is 21.3 Å². The summed E-state index contributed by atoms with van der Waals surface area (Å²) in [6.45, 7) is 6.27. The average molecular weight is 297 g/mol. The Hall–Kier alpha value is -1.82. The van der Waals surface area contributed by atoms with Crippen molar-refractivity contribution >= 4 is 37.6 Å². The van der Waals surface area contributed by atoms with Crippen LogP contribution in [0.5, 0.6) is 0 Å². The van der Waals surface area contributed by atoms with Crippen molar-refractivity contribution in [1.29, 1.82) is 0 Å². The topological polar surface area (TPSA) is 54.8 Å². The van der Waals surface area contributed by atoms with Crippen LogP contribution in [0, 0.1) is 25.7 Å². The average Bonchev–Trinajstić information content (AvgIpc) is 2.91. The molecule has 0 N–H and O–H groups in total. The molecule has 4 heterocycles. The molecule has 2 aliphatic rings. The lowest BCUT2D eigenvalue weighted by Gasteiger charge is -2.18. The molecule has 5 rings (SSSR count). The van der Waals surface area contributed by atoms with Gasteiger partial charge in [-0.15, -0.1) is 11.3 Å². The molecule has 1 aliphatic carbocycles. The van der Waals surface area contributed by atoms with Crippen molar-refractivity contribution < 1.29 is 0 Å². The maximum Gasteiger partial charge on any atom is 0.150 e. The van der Waals surface area contributed by atoms with Crippen molar-refractivity contribution in [3.8, 4) is 0 Å². The van der Waals surface area contributed by atoms with E-state index in [1.54, 1.807) is 17.7 Å². The molecule has 0 spiro atoms. The van der Waals surface area contributed by atoms with Gasteiger partial charge in [0.15, 0.2) is 0 Å². The number of aryl methyl sites for hydroxylation is 2. The Morgan fingerprint density at radius 2 is 1.95 bits per heavy atom. The summed E-state index contributed by atoms with van der Waals surface area (Å²) in [5, 5.41) is 1.09. The molecule has 3 aromatic heterocycles. The van der Waals surface area contributed by atoms with E-state index in [0.29, 0.717) is 0 Å². The predicted octanol–water partition coefficient (Wildman–Crippen LogP) is 2.71. The van der Waals surface area contributed by atoms with Crippen LogP contribution in [0.25, 0.3) is 20.4 Å². The third kappa shape index (κ3) is 1.62. The molecule has 0 aromatic carbocycles. The molecule has 2 atom stereocenters. The minimum Gasteiger partial charge on any atom is -0.355 e. The molecule has 1 saturated heterocycles. The van der Waals surface area contributed by atoms with Crippen molar-refractivity contribution in [3.63, 3.8) is 0 Å². The lowest BCUT2D eigenvalue weighted by atomic mass is 10.2. The van der Waals surface area contributed by atoms with Crippen LogP contribution in [0.15, 0.2) is 6.33 Å². The van der Waals surface area contributed by atoms with E-state index in [1.165, 1.54) is 6.42 Å².